The van der Waals surface area contributed by atoms with Crippen LogP contribution in [0.3, 0.4) is 0 Å². The molecule has 1 atom stereocenters. The number of nitrogens with zero attached hydrogens (tertiary/aromatic N) is 1. The minimum absolute atomic E-state index is 0.125. The van der Waals surface area contributed by atoms with Crippen molar-refractivity contribution in [2.75, 3.05) is 0 Å². The molecular weight excluding hydrogens is 253 g/mol. The van der Waals surface area contributed by atoms with Crippen molar-refractivity contribution in [2.45, 2.75) is 19.8 Å². The molecule has 0 N–H and O–H groups in total. The van der Waals surface area contributed by atoms with E-state index in [4.69, 9.17) is 0 Å². The zero-order valence-corrected chi connectivity index (χ0v) is 11.4. The van der Waals surface area contributed by atoms with Crippen LogP contribution in [0.2, 0.25) is 0 Å². The Labute approximate surface area is 117 Å². The minimum atomic E-state index is -1.11. The SMILES string of the molecule is Cc1ccc(C(=O)C(C#N)c2ccccc2F)c(C)c1. The monoisotopic (exact) mass is 267 g/mol. The number of nitriles is 1. The Morgan fingerprint density at radius 3 is 2.50 bits per heavy atom. The number of carbonyl (C=O) groups is 1. The quantitative estimate of drug-likeness (QED) is 0.790. The Hall–Kier alpha value is -2.47. The average Bonchev–Trinajstić information content (AvgIpc) is 2.41. The molecule has 100 valence electrons. The molecule has 0 aromatic heterocycles. The molecule has 0 bridgehead atoms. The predicted molar refractivity (Wildman–Crippen MR) is 75.0 cm³/mol. The van der Waals surface area contributed by atoms with Crippen LogP contribution in [-0.4, -0.2) is 5.78 Å². The van der Waals surface area contributed by atoms with E-state index in [1.807, 2.05) is 32.0 Å². The van der Waals surface area contributed by atoms with Gasteiger partial charge in [-0.3, -0.25) is 4.79 Å². The number of ketones is 1. The smallest absolute Gasteiger partial charge is 0.184 e. The lowest BCUT2D eigenvalue weighted by atomic mass is 9.89. The maximum absolute atomic E-state index is 13.8. The molecule has 0 saturated heterocycles. The number of hydrogen-bond donors (Lipinski definition) is 0. The Balaban J connectivity index is 2.45. The molecule has 2 rings (SSSR count). The molecule has 0 spiro atoms. The van der Waals surface area contributed by atoms with E-state index >= 15 is 0 Å². The molecule has 0 heterocycles. The van der Waals surface area contributed by atoms with Crippen molar-refractivity contribution in [1.82, 2.24) is 0 Å². The maximum atomic E-state index is 13.8. The summed E-state index contributed by atoms with van der Waals surface area (Å²) in [7, 11) is 0. The summed E-state index contributed by atoms with van der Waals surface area (Å²) in [6.07, 6.45) is 0. The Morgan fingerprint density at radius 2 is 1.90 bits per heavy atom. The van der Waals surface area contributed by atoms with Crippen LogP contribution in [0.4, 0.5) is 4.39 Å². The van der Waals surface area contributed by atoms with Gasteiger partial charge in [-0.1, -0.05) is 42.0 Å². The summed E-state index contributed by atoms with van der Waals surface area (Å²) in [6, 6.07) is 13.2. The second-order valence-corrected chi connectivity index (χ2v) is 4.77. The van der Waals surface area contributed by atoms with E-state index in [9.17, 15) is 14.4 Å². The molecule has 20 heavy (non-hydrogen) atoms. The van der Waals surface area contributed by atoms with Gasteiger partial charge in [0.25, 0.3) is 0 Å². The van der Waals surface area contributed by atoms with Gasteiger partial charge in [0.05, 0.1) is 6.07 Å². The molecule has 2 nitrogen and oxygen atoms in total. The highest BCUT2D eigenvalue weighted by molar-refractivity contribution is 6.03. The average molecular weight is 267 g/mol. The topological polar surface area (TPSA) is 40.9 Å². The van der Waals surface area contributed by atoms with Crippen molar-refractivity contribution < 1.29 is 9.18 Å². The van der Waals surface area contributed by atoms with Crippen molar-refractivity contribution in [3.05, 3.63) is 70.5 Å². The van der Waals surface area contributed by atoms with Crippen LogP contribution in [-0.2, 0) is 0 Å². The number of Topliss-reactive ketones (excluding diaryl/α,β-unsaturated/α-hetero) is 1. The van der Waals surface area contributed by atoms with E-state index in [2.05, 4.69) is 0 Å². The van der Waals surface area contributed by atoms with E-state index in [0.717, 1.165) is 11.1 Å². The van der Waals surface area contributed by atoms with E-state index in [-0.39, 0.29) is 11.3 Å². The summed E-state index contributed by atoms with van der Waals surface area (Å²) in [4.78, 5) is 12.5. The van der Waals surface area contributed by atoms with Gasteiger partial charge in [0.2, 0.25) is 0 Å². The zero-order chi connectivity index (χ0) is 14.7. The van der Waals surface area contributed by atoms with Crippen molar-refractivity contribution in [3.63, 3.8) is 0 Å². The Kier molecular flexibility index (Phi) is 3.95. The van der Waals surface area contributed by atoms with Crippen molar-refractivity contribution >= 4 is 5.78 Å². The first-order valence-corrected chi connectivity index (χ1v) is 6.30. The van der Waals surface area contributed by atoms with Gasteiger partial charge < -0.3 is 0 Å². The third kappa shape index (κ3) is 2.60. The summed E-state index contributed by atoms with van der Waals surface area (Å²) in [5, 5.41) is 9.24. The lowest BCUT2D eigenvalue weighted by molar-refractivity contribution is 0.0977. The normalized spacial score (nSPS) is 11.7. The standard InChI is InChI=1S/C17H14FNO/c1-11-7-8-13(12(2)9-11)17(20)15(10-19)14-5-3-4-6-16(14)18/h3-9,15H,1-2H3. The highest BCUT2D eigenvalue weighted by Gasteiger charge is 2.25. The fourth-order valence-electron chi connectivity index (χ4n) is 2.22. The van der Waals surface area contributed by atoms with Crippen LogP contribution >= 0.6 is 0 Å². The first-order valence-electron chi connectivity index (χ1n) is 6.30. The molecule has 0 fully saturated rings. The van der Waals surface area contributed by atoms with E-state index < -0.39 is 11.7 Å². The molecule has 2 aromatic rings. The Morgan fingerprint density at radius 1 is 1.20 bits per heavy atom. The first kappa shape index (κ1) is 14.0. The molecule has 0 saturated carbocycles. The number of rotatable bonds is 3. The van der Waals surface area contributed by atoms with Gasteiger partial charge in [-0.15, -0.1) is 0 Å². The second-order valence-electron chi connectivity index (χ2n) is 4.77. The highest BCUT2D eigenvalue weighted by atomic mass is 19.1. The fraction of sp³-hybridized carbons (Fsp3) is 0.176. The number of hydrogen-bond acceptors (Lipinski definition) is 2. The van der Waals surface area contributed by atoms with Crippen LogP contribution in [0.5, 0.6) is 0 Å². The summed E-state index contributed by atoms with van der Waals surface area (Å²) in [6.45, 7) is 3.75. The van der Waals surface area contributed by atoms with Crippen LogP contribution in [0.25, 0.3) is 0 Å². The van der Waals surface area contributed by atoms with E-state index in [1.54, 1.807) is 12.1 Å². The summed E-state index contributed by atoms with van der Waals surface area (Å²) in [5.74, 6) is -2.01. The first-order chi connectivity index (χ1) is 9.54. The van der Waals surface area contributed by atoms with Crippen LogP contribution < -0.4 is 0 Å². The van der Waals surface area contributed by atoms with Crippen molar-refractivity contribution in [3.8, 4) is 6.07 Å². The van der Waals surface area contributed by atoms with Crippen LogP contribution in [0.1, 0.15) is 33.0 Å². The molecule has 0 aliphatic carbocycles. The van der Waals surface area contributed by atoms with Gasteiger partial charge in [-0.05, 0) is 25.5 Å². The molecule has 0 aliphatic heterocycles. The highest BCUT2D eigenvalue weighted by Crippen LogP contribution is 2.24. The van der Waals surface area contributed by atoms with Gasteiger partial charge in [0.15, 0.2) is 5.78 Å². The largest absolute Gasteiger partial charge is 0.292 e. The van der Waals surface area contributed by atoms with Gasteiger partial charge >= 0.3 is 0 Å². The van der Waals surface area contributed by atoms with Crippen molar-refractivity contribution in [1.29, 1.82) is 5.26 Å². The molecule has 0 amide bonds. The molecule has 1 unspecified atom stereocenters. The van der Waals surface area contributed by atoms with Crippen LogP contribution in [0, 0.1) is 31.0 Å². The number of halogens is 1. The minimum Gasteiger partial charge on any atom is -0.292 e. The Bertz CT molecular complexity index is 700. The molecule has 3 heteroatoms. The lowest BCUT2D eigenvalue weighted by Crippen LogP contribution is -2.14. The van der Waals surface area contributed by atoms with Gasteiger partial charge in [0, 0.05) is 11.1 Å². The second kappa shape index (κ2) is 5.66. The lowest BCUT2D eigenvalue weighted by Gasteiger charge is -2.12. The summed E-state index contributed by atoms with van der Waals surface area (Å²) >= 11 is 0. The third-order valence-corrected chi connectivity index (χ3v) is 3.25. The summed E-state index contributed by atoms with van der Waals surface area (Å²) < 4.78 is 13.8. The van der Waals surface area contributed by atoms with E-state index in [0.29, 0.717) is 5.56 Å². The third-order valence-electron chi connectivity index (χ3n) is 3.25. The molecule has 0 radical (unpaired) electrons. The molecule has 0 aliphatic rings. The fourth-order valence-corrected chi connectivity index (χ4v) is 2.22. The number of aryl methyl sites for hydroxylation is 2. The summed E-state index contributed by atoms with van der Waals surface area (Å²) in [5.41, 5.74) is 2.43. The number of benzene rings is 2. The van der Waals surface area contributed by atoms with Gasteiger partial charge in [-0.25, -0.2) is 4.39 Å². The van der Waals surface area contributed by atoms with Crippen LogP contribution in [0.15, 0.2) is 42.5 Å². The maximum Gasteiger partial charge on any atom is 0.184 e. The van der Waals surface area contributed by atoms with Crippen molar-refractivity contribution in [2.24, 2.45) is 0 Å². The van der Waals surface area contributed by atoms with E-state index in [1.165, 1.54) is 18.2 Å². The van der Waals surface area contributed by atoms with Gasteiger partial charge in [0.1, 0.15) is 11.7 Å². The van der Waals surface area contributed by atoms with Gasteiger partial charge in [-0.2, -0.15) is 5.26 Å². The molecular formula is C17H14FNO. The number of carbonyl (C=O) groups excluding carboxylic acids is 1. The predicted octanol–water partition coefficient (Wildman–Crippen LogP) is 3.93. The zero-order valence-electron chi connectivity index (χ0n) is 11.4. The molecule has 2 aromatic carbocycles.